The zero-order valence-electron chi connectivity index (χ0n) is 13.8. The zero-order chi connectivity index (χ0) is 17.9. The molecule has 0 saturated carbocycles. The monoisotopic (exact) mass is 423 g/mol. The van der Waals surface area contributed by atoms with Gasteiger partial charge in [0.15, 0.2) is 0 Å². The second-order valence-corrected chi connectivity index (χ2v) is 7.21. The predicted octanol–water partition coefficient (Wildman–Crippen LogP) is 6.25. The van der Waals surface area contributed by atoms with E-state index >= 15 is 0 Å². The van der Waals surface area contributed by atoms with E-state index in [1.54, 1.807) is 0 Å². The van der Waals surface area contributed by atoms with Crippen LogP contribution < -0.4 is 0 Å². The van der Waals surface area contributed by atoms with E-state index in [0.29, 0.717) is 12.5 Å². The number of aliphatic imine (C=N–C) groups is 1. The minimum Gasteiger partial charge on any atom is -0.304 e. The van der Waals surface area contributed by atoms with Gasteiger partial charge in [0, 0.05) is 15.7 Å². The average Bonchev–Trinajstić information content (AvgIpc) is 3.01. The maximum absolute atomic E-state index is 6.36. The topological polar surface area (TPSA) is 30.2 Å². The highest BCUT2D eigenvalue weighted by atomic mass is 79.9. The molecule has 0 aliphatic rings. The number of rotatable bonds is 4. The van der Waals surface area contributed by atoms with Crippen molar-refractivity contribution in [3.8, 4) is 0 Å². The summed E-state index contributed by atoms with van der Waals surface area (Å²) < 4.78 is 3.13. The largest absolute Gasteiger partial charge is 0.304 e. The third kappa shape index (κ3) is 3.57. The van der Waals surface area contributed by atoms with Crippen molar-refractivity contribution in [3.63, 3.8) is 0 Å². The lowest BCUT2D eigenvalue weighted by molar-refractivity contribution is 0.827. The van der Waals surface area contributed by atoms with E-state index in [9.17, 15) is 0 Å². The Labute approximate surface area is 165 Å². The Morgan fingerprint density at radius 3 is 2.50 bits per heavy atom. The normalized spacial score (nSPS) is 11.5. The Balaban J connectivity index is 1.76. The second-order valence-electron chi connectivity index (χ2n) is 5.89. The summed E-state index contributed by atoms with van der Waals surface area (Å²) in [4.78, 5) is 9.32. The van der Waals surface area contributed by atoms with Crippen LogP contribution in [0.15, 0.2) is 82.3 Å². The molecular weight excluding hydrogens is 410 g/mol. The fraction of sp³-hybridized carbons (Fsp3) is 0.0476. The van der Waals surface area contributed by atoms with Crippen molar-refractivity contribution in [2.24, 2.45) is 4.99 Å². The lowest BCUT2D eigenvalue weighted by Crippen LogP contribution is -2.00. The molecule has 3 aromatic carbocycles. The highest BCUT2D eigenvalue weighted by Gasteiger charge is 2.11. The summed E-state index contributed by atoms with van der Waals surface area (Å²) in [6.45, 7) is 0.618. The van der Waals surface area contributed by atoms with Gasteiger partial charge in [0.05, 0.1) is 17.6 Å². The van der Waals surface area contributed by atoms with Crippen molar-refractivity contribution in [2.45, 2.75) is 6.54 Å². The van der Waals surface area contributed by atoms with Gasteiger partial charge in [-0.05, 0) is 41.5 Å². The first-order chi connectivity index (χ1) is 12.7. The van der Waals surface area contributed by atoms with Gasteiger partial charge in [-0.15, -0.1) is 0 Å². The number of fused-ring (bicyclic) bond motifs is 1. The molecule has 0 amide bonds. The van der Waals surface area contributed by atoms with Gasteiger partial charge in [-0.3, -0.25) is 0 Å². The van der Waals surface area contributed by atoms with Crippen molar-refractivity contribution in [1.82, 2.24) is 9.55 Å². The Kier molecular flexibility index (Phi) is 4.87. The minimum atomic E-state index is 0.618. The summed E-state index contributed by atoms with van der Waals surface area (Å²) >= 11 is 9.80. The van der Waals surface area contributed by atoms with E-state index in [1.807, 2.05) is 72.9 Å². The first-order valence-corrected chi connectivity index (χ1v) is 9.36. The third-order valence-electron chi connectivity index (χ3n) is 4.12. The van der Waals surface area contributed by atoms with Crippen LogP contribution in [0.3, 0.4) is 0 Å². The molecule has 0 fully saturated rings. The van der Waals surface area contributed by atoms with Gasteiger partial charge < -0.3 is 4.57 Å². The van der Waals surface area contributed by atoms with Crippen LogP contribution in [-0.2, 0) is 6.54 Å². The van der Waals surface area contributed by atoms with Crippen LogP contribution in [-0.4, -0.2) is 15.8 Å². The Morgan fingerprint density at radius 2 is 1.69 bits per heavy atom. The first kappa shape index (κ1) is 17.0. The van der Waals surface area contributed by atoms with Crippen LogP contribution in [0.25, 0.3) is 11.0 Å². The summed E-state index contributed by atoms with van der Waals surface area (Å²) in [6, 6.07) is 23.9. The van der Waals surface area contributed by atoms with Crippen molar-refractivity contribution >= 4 is 50.7 Å². The molecule has 4 aromatic rings. The maximum Gasteiger partial charge on any atom is 0.230 e. The number of halogens is 2. The average molecular weight is 425 g/mol. The Hall–Kier alpha value is -2.43. The van der Waals surface area contributed by atoms with Crippen molar-refractivity contribution in [2.75, 3.05) is 0 Å². The van der Waals surface area contributed by atoms with Crippen LogP contribution in [0, 0.1) is 0 Å². The SMILES string of the molecule is Clc1ccccc1Cn1c(N=Cc2ccc(Br)cc2)nc2ccccc21. The molecule has 0 atom stereocenters. The van der Waals surface area contributed by atoms with E-state index in [1.165, 1.54) is 0 Å². The van der Waals surface area contributed by atoms with Gasteiger partial charge in [-0.1, -0.05) is 70.0 Å². The van der Waals surface area contributed by atoms with Crippen LogP contribution in [0.1, 0.15) is 11.1 Å². The smallest absolute Gasteiger partial charge is 0.230 e. The number of para-hydroxylation sites is 2. The summed E-state index contributed by atoms with van der Waals surface area (Å²) in [5.41, 5.74) is 4.01. The van der Waals surface area contributed by atoms with Gasteiger partial charge in [-0.2, -0.15) is 0 Å². The Bertz CT molecular complexity index is 1080. The predicted molar refractivity (Wildman–Crippen MR) is 112 cm³/mol. The molecular formula is C21H15BrClN3. The van der Waals surface area contributed by atoms with E-state index in [4.69, 9.17) is 11.6 Å². The molecule has 0 bridgehead atoms. The number of benzene rings is 3. The molecule has 26 heavy (non-hydrogen) atoms. The molecule has 0 saturated heterocycles. The molecule has 128 valence electrons. The number of nitrogens with zero attached hydrogens (tertiary/aromatic N) is 3. The highest BCUT2D eigenvalue weighted by Crippen LogP contribution is 2.25. The molecule has 0 aliphatic carbocycles. The van der Waals surface area contributed by atoms with Crippen molar-refractivity contribution in [3.05, 3.63) is 93.4 Å². The van der Waals surface area contributed by atoms with Crippen molar-refractivity contribution in [1.29, 1.82) is 0 Å². The molecule has 0 radical (unpaired) electrons. The van der Waals surface area contributed by atoms with Crippen LogP contribution in [0.2, 0.25) is 5.02 Å². The van der Waals surface area contributed by atoms with Gasteiger partial charge in [-0.25, -0.2) is 9.98 Å². The molecule has 0 unspecified atom stereocenters. The molecule has 4 rings (SSSR count). The zero-order valence-corrected chi connectivity index (χ0v) is 16.2. The molecule has 1 aromatic heterocycles. The maximum atomic E-state index is 6.36. The number of imidazole rings is 1. The van der Waals surface area contributed by atoms with E-state index in [2.05, 4.69) is 36.5 Å². The number of hydrogen-bond donors (Lipinski definition) is 0. The fourth-order valence-electron chi connectivity index (χ4n) is 2.80. The summed E-state index contributed by atoms with van der Waals surface area (Å²) in [5, 5.41) is 0.744. The summed E-state index contributed by atoms with van der Waals surface area (Å²) in [7, 11) is 0. The lowest BCUT2D eigenvalue weighted by Gasteiger charge is -2.08. The number of aromatic nitrogens is 2. The van der Waals surface area contributed by atoms with Crippen LogP contribution >= 0.6 is 27.5 Å². The van der Waals surface area contributed by atoms with E-state index in [-0.39, 0.29) is 0 Å². The van der Waals surface area contributed by atoms with Crippen molar-refractivity contribution < 1.29 is 0 Å². The molecule has 0 N–H and O–H groups in total. The standard InChI is InChI=1S/C21H15BrClN3/c22-17-11-9-15(10-12-17)13-24-21-25-19-7-3-4-8-20(19)26(21)14-16-5-1-2-6-18(16)23/h1-13H,14H2. The van der Waals surface area contributed by atoms with E-state index < -0.39 is 0 Å². The fourth-order valence-corrected chi connectivity index (χ4v) is 3.26. The van der Waals surface area contributed by atoms with Crippen LogP contribution in [0.4, 0.5) is 5.95 Å². The van der Waals surface area contributed by atoms with Gasteiger partial charge in [0.25, 0.3) is 0 Å². The second kappa shape index (κ2) is 7.44. The lowest BCUT2D eigenvalue weighted by atomic mass is 10.2. The first-order valence-electron chi connectivity index (χ1n) is 8.19. The van der Waals surface area contributed by atoms with E-state index in [0.717, 1.165) is 31.7 Å². The molecule has 3 nitrogen and oxygen atoms in total. The summed E-state index contributed by atoms with van der Waals surface area (Å²) in [5.74, 6) is 0.661. The minimum absolute atomic E-state index is 0.618. The number of hydrogen-bond acceptors (Lipinski definition) is 2. The quantitative estimate of drug-likeness (QED) is 0.356. The third-order valence-corrected chi connectivity index (χ3v) is 5.02. The molecule has 0 aliphatic heterocycles. The van der Waals surface area contributed by atoms with Gasteiger partial charge in [0.1, 0.15) is 0 Å². The van der Waals surface area contributed by atoms with Gasteiger partial charge >= 0.3 is 0 Å². The molecule has 0 spiro atoms. The molecule has 1 heterocycles. The Morgan fingerprint density at radius 1 is 0.962 bits per heavy atom. The summed E-state index contributed by atoms with van der Waals surface area (Å²) in [6.07, 6.45) is 1.83. The molecule has 5 heteroatoms. The van der Waals surface area contributed by atoms with Gasteiger partial charge in [0.2, 0.25) is 5.95 Å². The highest BCUT2D eigenvalue weighted by molar-refractivity contribution is 9.10. The van der Waals surface area contributed by atoms with Crippen LogP contribution in [0.5, 0.6) is 0 Å².